The first kappa shape index (κ1) is 22.7. The molecule has 0 bridgehead atoms. The standard InChI is InChI=1S/C28H29N5O2/c1-21-6-2-4-8-25(21)30-28(29-20-34)32-18-16-31(17-19-32)27(35)23-10-12-24(13-11-23)33-15-14-22-7-3-5-9-26(22)33/h2-13,20H,14-19H2,1H3,(H,29,30,34). The molecule has 35 heavy (non-hydrogen) atoms. The van der Waals surface area contributed by atoms with Crippen LogP contribution in [0.4, 0.5) is 17.1 Å². The lowest BCUT2D eigenvalue weighted by Crippen LogP contribution is -2.53. The number of amides is 2. The lowest BCUT2D eigenvalue weighted by Gasteiger charge is -2.36. The van der Waals surface area contributed by atoms with E-state index in [2.05, 4.69) is 39.5 Å². The Morgan fingerprint density at radius 1 is 0.857 bits per heavy atom. The van der Waals surface area contributed by atoms with Gasteiger partial charge in [0.25, 0.3) is 5.91 Å². The number of guanidine groups is 1. The van der Waals surface area contributed by atoms with Crippen LogP contribution >= 0.6 is 0 Å². The van der Waals surface area contributed by atoms with Crippen LogP contribution in [-0.4, -0.2) is 60.8 Å². The van der Waals surface area contributed by atoms with E-state index in [0.29, 0.717) is 44.1 Å². The summed E-state index contributed by atoms with van der Waals surface area (Å²) < 4.78 is 0. The molecule has 0 aromatic heterocycles. The van der Waals surface area contributed by atoms with Gasteiger partial charge in [-0.1, -0.05) is 36.4 Å². The third kappa shape index (κ3) is 4.75. The van der Waals surface area contributed by atoms with Gasteiger partial charge in [-0.3, -0.25) is 14.9 Å². The Balaban J connectivity index is 1.24. The number of piperazine rings is 1. The maximum Gasteiger partial charge on any atom is 0.253 e. The van der Waals surface area contributed by atoms with Crippen LogP contribution in [0.1, 0.15) is 21.5 Å². The van der Waals surface area contributed by atoms with Gasteiger partial charge in [0.15, 0.2) is 0 Å². The van der Waals surface area contributed by atoms with Crippen molar-refractivity contribution in [3.63, 3.8) is 0 Å². The van der Waals surface area contributed by atoms with Crippen molar-refractivity contribution >= 4 is 35.3 Å². The Morgan fingerprint density at radius 3 is 2.29 bits per heavy atom. The third-order valence-corrected chi connectivity index (χ3v) is 6.71. The van der Waals surface area contributed by atoms with Crippen LogP contribution in [0.15, 0.2) is 77.8 Å². The van der Waals surface area contributed by atoms with Crippen LogP contribution < -0.4 is 10.2 Å². The first-order chi connectivity index (χ1) is 17.1. The molecule has 1 saturated heterocycles. The molecular formula is C28H29N5O2. The highest BCUT2D eigenvalue weighted by Crippen LogP contribution is 2.34. The van der Waals surface area contributed by atoms with E-state index in [4.69, 9.17) is 0 Å². The Bertz CT molecular complexity index is 1250. The molecule has 0 saturated carbocycles. The second kappa shape index (κ2) is 10.0. The number of hydrogen-bond acceptors (Lipinski definition) is 4. The Hall–Kier alpha value is -4.13. The molecule has 7 heteroatoms. The zero-order valence-corrected chi connectivity index (χ0v) is 19.9. The minimum Gasteiger partial charge on any atom is -0.341 e. The summed E-state index contributed by atoms with van der Waals surface area (Å²) in [7, 11) is 0. The van der Waals surface area contributed by atoms with Gasteiger partial charge >= 0.3 is 0 Å². The van der Waals surface area contributed by atoms with E-state index in [9.17, 15) is 9.59 Å². The first-order valence-corrected chi connectivity index (χ1v) is 12.0. The molecule has 3 aromatic carbocycles. The molecule has 0 radical (unpaired) electrons. The molecule has 1 N–H and O–H groups in total. The minimum atomic E-state index is 0.0266. The van der Waals surface area contributed by atoms with Crippen molar-refractivity contribution in [1.82, 2.24) is 15.1 Å². The van der Waals surface area contributed by atoms with Gasteiger partial charge in [-0.05, 0) is 60.9 Å². The molecule has 0 spiro atoms. The van der Waals surface area contributed by atoms with Crippen LogP contribution in [-0.2, 0) is 11.2 Å². The molecule has 0 unspecified atom stereocenters. The molecule has 1 fully saturated rings. The van der Waals surface area contributed by atoms with Crippen molar-refractivity contribution in [2.45, 2.75) is 13.3 Å². The second-order valence-corrected chi connectivity index (χ2v) is 8.84. The van der Waals surface area contributed by atoms with Crippen LogP contribution in [0.5, 0.6) is 0 Å². The van der Waals surface area contributed by atoms with Gasteiger partial charge in [-0.25, -0.2) is 4.99 Å². The van der Waals surface area contributed by atoms with E-state index in [1.807, 2.05) is 65.3 Å². The molecular weight excluding hydrogens is 438 g/mol. The van der Waals surface area contributed by atoms with Gasteiger partial charge in [-0.2, -0.15) is 0 Å². The summed E-state index contributed by atoms with van der Waals surface area (Å²) in [4.78, 5) is 35.2. The molecule has 0 atom stereocenters. The zero-order chi connectivity index (χ0) is 24.2. The van der Waals surface area contributed by atoms with Crippen molar-refractivity contribution in [2.75, 3.05) is 37.6 Å². The van der Waals surface area contributed by atoms with Crippen molar-refractivity contribution in [2.24, 2.45) is 4.99 Å². The van der Waals surface area contributed by atoms with Crippen molar-refractivity contribution < 1.29 is 9.59 Å². The normalized spacial score (nSPS) is 15.7. The smallest absolute Gasteiger partial charge is 0.253 e. The zero-order valence-electron chi connectivity index (χ0n) is 19.9. The molecule has 2 aliphatic rings. The molecule has 0 aliphatic carbocycles. The van der Waals surface area contributed by atoms with Crippen LogP contribution in [0, 0.1) is 6.92 Å². The number of carbonyl (C=O) groups excluding carboxylic acids is 2. The number of carbonyl (C=O) groups is 2. The number of hydrogen-bond donors (Lipinski definition) is 1. The van der Waals surface area contributed by atoms with E-state index < -0.39 is 0 Å². The van der Waals surface area contributed by atoms with E-state index in [1.54, 1.807) is 0 Å². The summed E-state index contributed by atoms with van der Waals surface area (Å²) in [5.74, 6) is 0.537. The van der Waals surface area contributed by atoms with Crippen LogP contribution in [0.25, 0.3) is 0 Å². The lowest BCUT2D eigenvalue weighted by atomic mass is 10.1. The minimum absolute atomic E-state index is 0.0266. The first-order valence-electron chi connectivity index (χ1n) is 12.0. The number of nitrogens with one attached hydrogen (secondary N) is 1. The summed E-state index contributed by atoms with van der Waals surface area (Å²) in [5, 5.41) is 2.73. The number of rotatable bonds is 4. The summed E-state index contributed by atoms with van der Waals surface area (Å²) in [6.45, 7) is 5.26. The quantitative estimate of drug-likeness (QED) is 0.359. The maximum absolute atomic E-state index is 13.2. The van der Waals surface area contributed by atoms with Crippen LogP contribution in [0.3, 0.4) is 0 Å². The molecule has 2 heterocycles. The van der Waals surface area contributed by atoms with E-state index >= 15 is 0 Å². The summed E-state index contributed by atoms with van der Waals surface area (Å²) in [6.07, 6.45) is 1.68. The Labute approximate surface area is 205 Å². The average molecular weight is 468 g/mol. The van der Waals surface area contributed by atoms with Gasteiger partial charge < -0.3 is 14.7 Å². The third-order valence-electron chi connectivity index (χ3n) is 6.71. The van der Waals surface area contributed by atoms with Crippen molar-refractivity contribution in [1.29, 1.82) is 0 Å². The predicted molar refractivity (Wildman–Crippen MR) is 139 cm³/mol. The maximum atomic E-state index is 13.2. The molecule has 3 aromatic rings. The summed E-state index contributed by atoms with van der Waals surface area (Å²) in [5.41, 5.74) is 6.25. The van der Waals surface area contributed by atoms with Crippen molar-refractivity contribution in [3.05, 3.63) is 89.5 Å². The average Bonchev–Trinajstić information content (AvgIpc) is 3.34. The summed E-state index contributed by atoms with van der Waals surface area (Å²) >= 11 is 0. The highest BCUT2D eigenvalue weighted by Gasteiger charge is 2.25. The fourth-order valence-electron chi connectivity index (χ4n) is 4.74. The highest BCUT2D eigenvalue weighted by atomic mass is 16.2. The molecule has 178 valence electrons. The fraction of sp³-hybridized carbons (Fsp3) is 0.250. The number of fused-ring (bicyclic) bond motifs is 1. The lowest BCUT2D eigenvalue weighted by molar-refractivity contribution is -0.108. The number of aliphatic imine (C=N–C) groups is 1. The van der Waals surface area contributed by atoms with E-state index in [1.165, 1.54) is 11.3 Å². The van der Waals surface area contributed by atoms with Gasteiger partial charge in [0.2, 0.25) is 12.4 Å². The molecule has 5 rings (SSSR count). The second-order valence-electron chi connectivity index (χ2n) is 8.84. The number of anilines is 2. The topological polar surface area (TPSA) is 68.2 Å². The summed E-state index contributed by atoms with van der Waals surface area (Å²) in [6, 6.07) is 24.2. The number of aryl methyl sites for hydroxylation is 1. The molecule has 2 amide bonds. The van der Waals surface area contributed by atoms with E-state index in [-0.39, 0.29) is 5.91 Å². The van der Waals surface area contributed by atoms with Gasteiger partial charge in [0, 0.05) is 49.7 Å². The number of nitrogens with zero attached hydrogens (tertiary/aromatic N) is 4. The van der Waals surface area contributed by atoms with Crippen LogP contribution in [0.2, 0.25) is 0 Å². The predicted octanol–water partition coefficient (Wildman–Crippen LogP) is 3.88. The van der Waals surface area contributed by atoms with Gasteiger partial charge in [-0.15, -0.1) is 0 Å². The SMILES string of the molecule is Cc1ccccc1N=C(NC=O)N1CCN(C(=O)c2ccc(N3CCc4ccccc43)cc2)CC1. The molecule has 7 nitrogen and oxygen atoms in total. The van der Waals surface area contributed by atoms with Gasteiger partial charge in [0.05, 0.1) is 5.69 Å². The molecule has 2 aliphatic heterocycles. The Kier molecular flexibility index (Phi) is 6.48. The van der Waals surface area contributed by atoms with E-state index in [0.717, 1.165) is 29.9 Å². The number of benzene rings is 3. The van der Waals surface area contributed by atoms with Gasteiger partial charge in [0.1, 0.15) is 0 Å². The monoisotopic (exact) mass is 467 g/mol. The Morgan fingerprint density at radius 2 is 1.54 bits per heavy atom. The fourth-order valence-corrected chi connectivity index (χ4v) is 4.74. The highest BCUT2D eigenvalue weighted by molar-refractivity contribution is 5.95. The largest absolute Gasteiger partial charge is 0.341 e. The number of para-hydroxylation sites is 2. The van der Waals surface area contributed by atoms with Crippen molar-refractivity contribution in [3.8, 4) is 0 Å².